The molecule has 0 saturated carbocycles. The fraction of sp³-hybridized carbons (Fsp3) is 0.222. The Balaban J connectivity index is 1.48. The first-order valence-electron chi connectivity index (χ1n) is 11.7. The van der Waals surface area contributed by atoms with Crippen LogP contribution >= 0.6 is 0 Å². The highest BCUT2D eigenvalue weighted by atomic mass is 19.4. The second kappa shape index (κ2) is 9.04. The highest BCUT2D eigenvalue weighted by Gasteiger charge is 2.72. The van der Waals surface area contributed by atoms with Crippen molar-refractivity contribution in [1.82, 2.24) is 4.90 Å². The van der Waals surface area contributed by atoms with E-state index in [4.69, 9.17) is 4.74 Å². The summed E-state index contributed by atoms with van der Waals surface area (Å²) in [6.07, 6.45) is -13.5. The number of aryl methyl sites for hydroxylation is 1. The first-order chi connectivity index (χ1) is 19.0. The molecule has 0 bridgehead atoms. The number of carbonyl (C=O) groups excluding carboxylic acids is 3. The van der Waals surface area contributed by atoms with E-state index in [0.29, 0.717) is 11.0 Å². The Morgan fingerprint density at radius 3 is 1.93 bits per heavy atom. The van der Waals surface area contributed by atoms with Gasteiger partial charge in [-0.1, -0.05) is 6.07 Å². The highest BCUT2D eigenvalue weighted by Crippen LogP contribution is 2.51. The van der Waals surface area contributed by atoms with Gasteiger partial charge in [-0.2, -0.15) is 26.3 Å². The average Bonchev–Trinajstić information content (AvgIpc) is 3.26. The molecule has 2 N–H and O–H groups in total. The minimum atomic E-state index is -6.17. The summed E-state index contributed by atoms with van der Waals surface area (Å²) in [5.41, 5.74) is -7.94. The monoisotopic (exact) mass is 580 g/mol. The van der Waals surface area contributed by atoms with Gasteiger partial charge < -0.3 is 19.8 Å². The van der Waals surface area contributed by atoms with Crippen molar-refractivity contribution in [1.29, 1.82) is 0 Å². The minimum absolute atomic E-state index is 0.0342. The van der Waals surface area contributed by atoms with Crippen LogP contribution in [0.2, 0.25) is 0 Å². The molecule has 14 heteroatoms. The van der Waals surface area contributed by atoms with Crippen LogP contribution in [0.25, 0.3) is 0 Å². The zero-order valence-electron chi connectivity index (χ0n) is 21.0. The SMILES string of the molecule is Cc1ccc(N2C(=O)c3ccc(Oc4ccc5c(c4)C(O)N(C)C5=O)cc3C2=O)cc1C(O)(C(F)(F)F)C(F)(F)F. The molecule has 1 atom stereocenters. The third-order valence-corrected chi connectivity index (χ3v) is 7.00. The molecular weight excluding hydrogens is 562 g/mol. The third kappa shape index (κ3) is 4.13. The summed E-state index contributed by atoms with van der Waals surface area (Å²) in [7, 11) is 1.41. The quantitative estimate of drug-likeness (QED) is 0.333. The Kier molecular flexibility index (Phi) is 6.20. The zero-order valence-corrected chi connectivity index (χ0v) is 21.0. The summed E-state index contributed by atoms with van der Waals surface area (Å²) in [6.45, 7) is 0.916. The topological polar surface area (TPSA) is 107 Å². The van der Waals surface area contributed by atoms with E-state index in [1.165, 1.54) is 37.4 Å². The molecule has 0 radical (unpaired) electrons. The van der Waals surface area contributed by atoms with Gasteiger partial charge in [0.05, 0.1) is 16.8 Å². The smallest absolute Gasteiger partial charge is 0.430 e. The molecule has 2 aliphatic heterocycles. The Hall–Kier alpha value is -4.43. The van der Waals surface area contributed by atoms with Crippen LogP contribution in [0.15, 0.2) is 54.6 Å². The molecule has 214 valence electrons. The molecule has 1 unspecified atom stereocenters. The normalized spacial score (nSPS) is 17.3. The van der Waals surface area contributed by atoms with Gasteiger partial charge in [-0.3, -0.25) is 14.4 Å². The number of fused-ring (bicyclic) bond motifs is 2. The lowest BCUT2D eigenvalue weighted by molar-refractivity contribution is -0.376. The fourth-order valence-electron chi connectivity index (χ4n) is 4.78. The van der Waals surface area contributed by atoms with E-state index in [-0.39, 0.29) is 33.8 Å². The number of halogens is 6. The summed E-state index contributed by atoms with van der Waals surface area (Å²) in [5, 5.41) is 20.1. The Morgan fingerprint density at radius 1 is 0.756 bits per heavy atom. The van der Waals surface area contributed by atoms with Gasteiger partial charge >= 0.3 is 12.4 Å². The number of aliphatic hydroxyl groups excluding tert-OH is 1. The maximum atomic E-state index is 13.5. The Labute approximate surface area is 227 Å². The number of anilines is 1. The fourth-order valence-corrected chi connectivity index (χ4v) is 4.78. The van der Waals surface area contributed by atoms with Crippen LogP contribution in [0.4, 0.5) is 32.0 Å². The lowest BCUT2D eigenvalue weighted by Gasteiger charge is -2.34. The summed E-state index contributed by atoms with van der Waals surface area (Å²) in [5.74, 6) is -2.27. The molecular formula is C27H18F6N2O6. The second-order valence-corrected chi connectivity index (χ2v) is 9.50. The van der Waals surface area contributed by atoms with Gasteiger partial charge in [0.25, 0.3) is 23.3 Å². The largest absolute Gasteiger partial charge is 0.457 e. The zero-order chi connectivity index (χ0) is 30.2. The molecule has 5 rings (SSSR count). The molecule has 0 spiro atoms. The van der Waals surface area contributed by atoms with Gasteiger partial charge in [0.2, 0.25) is 0 Å². The number of alkyl halides is 6. The van der Waals surface area contributed by atoms with Crippen LogP contribution in [0.5, 0.6) is 11.5 Å². The number of aliphatic hydroxyl groups is 2. The van der Waals surface area contributed by atoms with E-state index in [1.54, 1.807) is 0 Å². The van der Waals surface area contributed by atoms with Gasteiger partial charge in [0.15, 0.2) is 6.23 Å². The van der Waals surface area contributed by atoms with Gasteiger partial charge in [-0.25, -0.2) is 4.90 Å². The van der Waals surface area contributed by atoms with E-state index >= 15 is 0 Å². The van der Waals surface area contributed by atoms with Gasteiger partial charge in [0, 0.05) is 23.7 Å². The molecule has 3 amide bonds. The van der Waals surface area contributed by atoms with Crippen molar-refractivity contribution in [3.05, 3.63) is 88.0 Å². The number of benzene rings is 3. The van der Waals surface area contributed by atoms with E-state index in [2.05, 4.69) is 0 Å². The Morgan fingerprint density at radius 2 is 1.32 bits per heavy atom. The van der Waals surface area contributed by atoms with Crippen molar-refractivity contribution in [2.75, 3.05) is 11.9 Å². The molecule has 41 heavy (non-hydrogen) atoms. The maximum Gasteiger partial charge on any atom is 0.430 e. The van der Waals surface area contributed by atoms with Crippen LogP contribution in [-0.4, -0.2) is 52.2 Å². The molecule has 3 aromatic rings. The summed E-state index contributed by atoms with van der Waals surface area (Å²) < 4.78 is 86.9. The molecule has 0 aromatic heterocycles. The van der Waals surface area contributed by atoms with Crippen LogP contribution in [-0.2, 0) is 5.60 Å². The predicted octanol–water partition coefficient (Wildman–Crippen LogP) is 4.98. The second-order valence-electron chi connectivity index (χ2n) is 9.50. The first kappa shape index (κ1) is 28.1. The standard InChI is InChI=1S/C27H18F6N2O6/c1-12-3-4-13(9-20(12)25(40,26(28,29)30)27(31,32)33)35-23(38)17-8-6-15(11-19(17)24(35)39)41-14-5-7-16-18(10-14)22(37)34(2)21(16)36/h3-11,22,37,40H,1-2H3. The molecule has 2 aliphatic rings. The number of carbonyl (C=O) groups is 3. The van der Waals surface area contributed by atoms with Gasteiger partial charge in [-0.15, -0.1) is 0 Å². The van der Waals surface area contributed by atoms with E-state index < -0.39 is 58.7 Å². The number of ether oxygens (including phenoxy) is 1. The van der Waals surface area contributed by atoms with Crippen LogP contribution in [0, 0.1) is 6.92 Å². The average molecular weight is 580 g/mol. The lowest BCUT2D eigenvalue weighted by atomic mass is 9.88. The van der Waals surface area contributed by atoms with Crippen molar-refractivity contribution in [3.8, 4) is 11.5 Å². The van der Waals surface area contributed by atoms with Crippen molar-refractivity contribution >= 4 is 23.4 Å². The van der Waals surface area contributed by atoms with Gasteiger partial charge in [-0.05, 0) is 61.0 Å². The third-order valence-electron chi connectivity index (χ3n) is 7.00. The molecule has 2 heterocycles. The number of hydrogen-bond acceptors (Lipinski definition) is 6. The van der Waals surface area contributed by atoms with E-state index in [0.717, 1.165) is 30.0 Å². The van der Waals surface area contributed by atoms with Crippen LogP contribution in [0.1, 0.15) is 54.0 Å². The predicted molar refractivity (Wildman–Crippen MR) is 128 cm³/mol. The minimum Gasteiger partial charge on any atom is -0.457 e. The van der Waals surface area contributed by atoms with E-state index in [9.17, 15) is 50.9 Å². The molecule has 3 aromatic carbocycles. The molecule has 8 nitrogen and oxygen atoms in total. The van der Waals surface area contributed by atoms with Crippen LogP contribution < -0.4 is 9.64 Å². The molecule has 0 fully saturated rings. The summed E-state index contributed by atoms with van der Waals surface area (Å²) in [6, 6.07) is 10.1. The van der Waals surface area contributed by atoms with Crippen molar-refractivity contribution in [3.63, 3.8) is 0 Å². The maximum absolute atomic E-state index is 13.5. The number of imide groups is 1. The van der Waals surface area contributed by atoms with Crippen LogP contribution in [0.3, 0.4) is 0 Å². The summed E-state index contributed by atoms with van der Waals surface area (Å²) >= 11 is 0. The highest BCUT2D eigenvalue weighted by molar-refractivity contribution is 6.34. The lowest BCUT2D eigenvalue weighted by Crippen LogP contribution is -2.54. The molecule has 0 aliphatic carbocycles. The van der Waals surface area contributed by atoms with Gasteiger partial charge in [0.1, 0.15) is 11.5 Å². The number of rotatable bonds is 4. The number of hydrogen-bond donors (Lipinski definition) is 2. The van der Waals surface area contributed by atoms with Crippen molar-refractivity contribution in [2.45, 2.75) is 31.1 Å². The first-order valence-corrected chi connectivity index (χ1v) is 11.7. The summed E-state index contributed by atoms with van der Waals surface area (Å²) in [4.78, 5) is 39.9. The Bertz CT molecular complexity index is 1620. The van der Waals surface area contributed by atoms with E-state index in [1.807, 2.05) is 0 Å². The van der Waals surface area contributed by atoms with Crippen molar-refractivity contribution in [2.24, 2.45) is 0 Å². The number of nitrogens with zero attached hydrogens (tertiary/aromatic N) is 2. The number of amides is 3. The molecule has 0 saturated heterocycles. The van der Waals surface area contributed by atoms with Crippen molar-refractivity contribution < 1.29 is 55.7 Å².